The Morgan fingerprint density at radius 2 is 2.37 bits per heavy atom. The van der Waals surface area contributed by atoms with Crippen LogP contribution in [0.3, 0.4) is 0 Å². The zero-order valence-electron chi connectivity index (χ0n) is 11.5. The summed E-state index contributed by atoms with van der Waals surface area (Å²) in [4.78, 5) is 4.72. The highest BCUT2D eigenvalue weighted by Crippen LogP contribution is 2.22. The summed E-state index contributed by atoms with van der Waals surface area (Å²) in [5, 5.41) is 8.98. The van der Waals surface area contributed by atoms with E-state index >= 15 is 0 Å². The minimum Gasteiger partial charge on any atom is -0.370 e. The molecule has 2 rings (SSSR count). The number of hydrogen-bond donors (Lipinski definition) is 1. The highest BCUT2D eigenvalue weighted by atomic mass is 15.2. The van der Waals surface area contributed by atoms with Crippen molar-refractivity contribution in [2.75, 3.05) is 38.1 Å². The Morgan fingerprint density at radius 3 is 3.11 bits per heavy atom. The van der Waals surface area contributed by atoms with Gasteiger partial charge in [-0.15, -0.1) is 0 Å². The van der Waals surface area contributed by atoms with Crippen LogP contribution >= 0.6 is 0 Å². The number of piperidine rings is 1. The zero-order chi connectivity index (χ0) is 13.7. The lowest BCUT2D eigenvalue weighted by Gasteiger charge is -2.38. The lowest BCUT2D eigenvalue weighted by atomic mass is 10.0. The van der Waals surface area contributed by atoms with Gasteiger partial charge in [0.2, 0.25) is 0 Å². The van der Waals surface area contributed by atoms with E-state index in [2.05, 4.69) is 29.0 Å². The van der Waals surface area contributed by atoms with Crippen molar-refractivity contribution in [2.24, 2.45) is 5.73 Å². The van der Waals surface area contributed by atoms with Crippen LogP contribution in [0.1, 0.15) is 18.4 Å². The van der Waals surface area contributed by atoms with E-state index in [0.717, 1.165) is 30.9 Å². The maximum absolute atomic E-state index is 8.98. The van der Waals surface area contributed by atoms with Gasteiger partial charge < -0.3 is 15.5 Å². The van der Waals surface area contributed by atoms with E-state index in [1.165, 1.54) is 12.8 Å². The monoisotopic (exact) mass is 258 g/mol. The first kappa shape index (κ1) is 13.9. The Morgan fingerprint density at radius 1 is 1.53 bits per heavy atom. The molecule has 0 aromatic heterocycles. The number of nitrogens with zero attached hydrogens (tertiary/aromatic N) is 3. The van der Waals surface area contributed by atoms with Crippen LogP contribution < -0.4 is 10.6 Å². The number of nitriles is 1. The molecule has 4 heteroatoms. The Bertz CT molecular complexity index is 452. The third kappa shape index (κ3) is 3.46. The maximum Gasteiger partial charge on any atom is 0.0992 e. The molecule has 1 atom stereocenters. The van der Waals surface area contributed by atoms with Gasteiger partial charge in [0.05, 0.1) is 11.6 Å². The van der Waals surface area contributed by atoms with Crippen molar-refractivity contribution >= 4 is 5.69 Å². The molecule has 1 unspecified atom stereocenters. The van der Waals surface area contributed by atoms with E-state index in [1.54, 1.807) is 0 Å². The highest BCUT2D eigenvalue weighted by molar-refractivity contribution is 5.51. The lowest BCUT2D eigenvalue weighted by Crippen LogP contribution is -2.47. The molecule has 0 bridgehead atoms. The normalized spacial score (nSPS) is 19.5. The largest absolute Gasteiger partial charge is 0.370 e. The molecule has 0 amide bonds. The maximum atomic E-state index is 8.98. The van der Waals surface area contributed by atoms with Crippen molar-refractivity contribution in [3.05, 3.63) is 29.8 Å². The summed E-state index contributed by atoms with van der Waals surface area (Å²) in [6.07, 6.45) is 2.42. The summed E-state index contributed by atoms with van der Waals surface area (Å²) in [7, 11) is 2.15. The second kappa shape index (κ2) is 6.55. The van der Waals surface area contributed by atoms with Crippen molar-refractivity contribution in [3.8, 4) is 6.07 Å². The number of nitrogens with two attached hydrogens (primary N) is 1. The summed E-state index contributed by atoms with van der Waals surface area (Å²) in [5.41, 5.74) is 7.52. The van der Waals surface area contributed by atoms with Gasteiger partial charge in [-0.05, 0) is 38.1 Å². The molecule has 102 valence electrons. The molecule has 0 saturated carbocycles. The van der Waals surface area contributed by atoms with Gasteiger partial charge in [0, 0.05) is 37.9 Å². The van der Waals surface area contributed by atoms with Crippen molar-refractivity contribution in [1.82, 2.24) is 4.90 Å². The fraction of sp³-hybridized carbons (Fsp3) is 0.533. The zero-order valence-corrected chi connectivity index (χ0v) is 11.5. The van der Waals surface area contributed by atoms with Crippen LogP contribution in [0.15, 0.2) is 24.3 Å². The van der Waals surface area contributed by atoms with Gasteiger partial charge in [-0.25, -0.2) is 0 Å². The van der Waals surface area contributed by atoms with Crippen LogP contribution in [0.25, 0.3) is 0 Å². The van der Waals surface area contributed by atoms with Gasteiger partial charge in [0.25, 0.3) is 0 Å². The fourth-order valence-corrected chi connectivity index (χ4v) is 2.71. The van der Waals surface area contributed by atoms with Gasteiger partial charge in [0.15, 0.2) is 0 Å². The molecule has 4 nitrogen and oxygen atoms in total. The predicted molar refractivity (Wildman–Crippen MR) is 78.1 cm³/mol. The summed E-state index contributed by atoms with van der Waals surface area (Å²) < 4.78 is 0. The van der Waals surface area contributed by atoms with Crippen LogP contribution in [0.2, 0.25) is 0 Å². The molecule has 1 fully saturated rings. The predicted octanol–water partition coefficient (Wildman–Crippen LogP) is 1.42. The SMILES string of the molecule is CN(CCN)C1CCCN(c2cccc(C#N)c2)C1. The molecule has 1 aliphatic rings. The van der Waals surface area contributed by atoms with Crippen molar-refractivity contribution in [2.45, 2.75) is 18.9 Å². The first-order valence-corrected chi connectivity index (χ1v) is 6.90. The third-order valence-corrected chi connectivity index (χ3v) is 3.84. The average molecular weight is 258 g/mol. The fourth-order valence-electron chi connectivity index (χ4n) is 2.71. The van der Waals surface area contributed by atoms with E-state index in [9.17, 15) is 0 Å². The minimum absolute atomic E-state index is 0.558. The summed E-state index contributed by atoms with van der Waals surface area (Å²) >= 11 is 0. The van der Waals surface area contributed by atoms with E-state index in [1.807, 2.05) is 18.2 Å². The van der Waals surface area contributed by atoms with Crippen LogP contribution in [0.4, 0.5) is 5.69 Å². The molecule has 0 aliphatic carbocycles. The number of hydrogen-bond acceptors (Lipinski definition) is 4. The topological polar surface area (TPSA) is 56.3 Å². The summed E-state index contributed by atoms with van der Waals surface area (Å²) in [6, 6.07) is 10.6. The number of anilines is 1. The number of rotatable bonds is 4. The van der Waals surface area contributed by atoms with E-state index in [4.69, 9.17) is 11.0 Å². The Kier molecular flexibility index (Phi) is 4.78. The van der Waals surface area contributed by atoms with E-state index in [-0.39, 0.29) is 0 Å². The molecule has 19 heavy (non-hydrogen) atoms. The van der Waals surface area contributed by atoms with Crippen LogP contribution in [-0.2, 0) is 0 Å². The van der Waals surface area contributed by atoms with Crippen LogP contribution in [-0.4, -0.2) is 44.2 Å². The molecule has 1 saturated heterocycles. The Balaban J connectivity index is 2.06. The van der Waals surface area contributed by atoms with Crippen molar-refractivity contribution in [1.29, 1.82) is 5.26 Å². The smallest absolute Gasteiger partial charge is 0.0992 e. The first-order chi connectivity index (χ1) is 9.24. The van der Waals surface area contributed by atoms with Crippen LogP contribution in [0.5, 0.6) is 0 Å². The Labute approximate surface area is 115 Å². The molecule has 1 aliphatic heterocycles. The third-order valence-electron chi connectivity index (χ3n) is 3.84. The van der Waals surface area contributed by atoms with Gasteiger partial charge in [-0.1, -0.05) is 6.07 Å². The molecule has 1 aromatic carbocycles. The summed E-state index contributed by atoms with van der Waals surface area (Å²) in [5.74, 6) is 0. The van der Waals surface area contributed by atoms with Crippen molar-refractivity contribution in [3.63, 3.8) is 0 Å². The van der Waals surface area contributed by atoms with Gasteiger partial charge in [0.1, 0.15) is 0 Å². The van der Waals surface area contributed by atoms with Gasteiger partial charge in [-0.3, -0.25) is 0 Å². The molecular weight excluding hydrogens is 236 g/mol. The number of likely N-dealkylation sites (N-methyl/N-ethyl adjacent to an activating group) is 1. The second-order valence-corrected chi connectivity index (χ2v) is 5.17. The van der Waals surface area contributed by atoms with Gasteiger partial charge >= 0.3 is 0 Å². The van der Waals surface area contributed by atoms with E-state index in [0.29, 0.717) is 12.6 Å². The quantitative estimate of drug-likeness (QED) is 0.887. The second-order valence-electron chi connectivity index (χ2n) is 5.17. The molecule has 1 heterocycles. The Hall–Kier alpha value is -1.57. The molecule has 1 aromatic rings. The lowest BCUT2D eigenvalue weighted by molar-refractivity contribution is 0.221. The minimum atomic E-state index is 0.558. The molecular formula is C15H22N4. The first-order valence-electron chi connectivity index (χ1n) is 6.90. The highest BCUT2D eigenvalue weighted by Gasteiger charge is 2.23. The van der Waals surface area contributed by atoms with Crippen molar-refractivity contribution < 1.29 is 0 Å². The standard InChI is InChI=1S/C15H22N4/c1-18(9-7-16)15-6-3-8-19(12-15)14-5-2-4-13(10-14)11-17/h2,4-5,10,15H,3,6-9,12,16H2,1H3. The van der Waals surface area contributed by atoms with E-state index < -0.39 is 0 Å². The molecule has 2 N–H and O–H groups in total. The van der Waals surface area contributed by atoms with Gasteiger partial charge in [-0.2, -0.15) is 5.26 Å². The van der Waals surface area contributed by atoms with Crippen LogP contribution in [0, 0.1) is 11.3 Å². The summed E-state index contributed by atoms with van der Waals surface area (Å²) in [6.45, 7) is 3.74. The number of benzene rings is 1. The molecule has 0 spiro atoms. The molecule has 0 radical (unpaired) electrons. The average Bonchev–Trinajstić information content (AvgIpc) is 2.48.